The lowest BCUT2D eigenvalue weighted by atomic mass is 10.2. The molecule has 1 heterocycles. The van der Waals surface area contributed by atoms with Crippen molar-refractivity contribution in [3.8, 4) is 5.75 Å². The number of aryl methyl sites for hydroxylation is 1. The third-order valence-electron chi connectivity index (χ3n) is 3.34. The van der Waals surface area contributed by atoms with E-state index in [0.717, 1.165) is 43.3 Å². The van der Waals surface area contributed by atoms with Crippen LogP contribution >= 0.6 is 0 Å². The Balaban J connectivity index is 1.78. The van der Waals surface area contributed by atoms with Crippen LogP contribution in [0.25, 0.3) is 0 Å². The Morgan fingerprint density at radius 3 is 2.74 bits per heavy atom. The van der Waals surface area contributed by atoms with E-state index in [1.54, 1.807) is 13.3 Å². The van der Waals surface area contributed by atoms with Gasteiger partial charge in [-0.3, -0.25) is 4.68 Å². The van der Waals surface area contributed by atoms with Crippen molar-refractivity contribution in [2.75, 3.05) is 20.2 Å². The van der Waals surface area contributed by atoms with Crippen molar-refractivity contribution in [2.45, 2.75) is 26.4 Å². The second-order valence-corrected chi connectivity index (χ2v) is 5.09. The van der Waals surface area contributed by atoms with Crippen LogP contribution in [-0.2, 0) is 13.1 Å². The highest BCUT2D eigenvalue weighted by Gasteiger charge is 1.98. The molecule has 1 aromatic carbocycles. The van der Waals surface area contributed by atoms with Crippen molar-refractivity contribution in [2.24, 2.45) is 4.99 Å². The van der Waals surface area contributed by atoms with Crippen LogP contribution in [0.3, 0.4) is 0 Å². The minimum atomic E-state index is 0.637. The molecule has 0 aliphatic carbocycles. The first kappa shape index (κ1) is 16.9. The van der Waals surface area contributed by atoms with Gasteiger partial charge in [-0.25, -0.2) is 4.99 Å². The number of ether oxygens (including phenoxy) is 1. The molecule has 1 aromatic heterocycles. The van der Waals surface area contributed by atoms with Crippen LogP contribution in [-0.4, -0.2) is 35.9 Å². The number of rotatable bonds is 8. The topological polar surface area (TPSA) is 63.5 Å². The largest absolute Gasteiger partial charge is 0.497 e. The average Bonchev–Trinajstić information content (AvgIpc) is 3.10. The van der Waals surface area contributed by atoms with Gasteiger partial charge in [-0.15, -0.1) is 0 Å². The SMILES string of the molecule is CCNC(=NCc1ccc(OC)cc1)NCCCn1cccn1. The monoisotopic (exact) mass is 315 g/mol. The predicted molar refractivity (Wildman–Crippen MR) is 92.7 cm³/mol. The summed E-state index contributed by atoms with van der Waals surface area (Å²) >= 11 is 0. The van der Waals surface area contributed by atoms with Crippen molar-refractivity contribution in [1.82, 2.24) is 20.4 Å². The van der Waals surface area contributed by atoms with Crippen molar-refractivity contribution in [3.63, 3.8) is 0 Å². The molecule has 124 valence electrons. The lowest BCUT2D eigenvalue weighted by molar-refractivity contribution is 0.414. The maximum atomic E-state index is 5.16. The molecular formula is C17H25N5O. The number of benzene rings is 1. The summed E-state index contributed by atoms with van der Waals surface area (Å²) in [7, 11) is 1.67. The fraction of sp³-hybridized carbons (Fsp3) is 0.412. The molecule has 2 rings (SSSR count). The molecule has 0 saturated heterocycles. The zero-order valence-electron chi connectivity index (χ0n) is 13.8. The fourth-order valence-electron chi connectivity index (χ4n) is 2.12. The van der Waals surface area contributed by atoms with Crippen LogP contribution in [0.15, 0.2) is 47.7 Å². The standard InChI is InChI=1S/C17H25N5O/c1-3-18-17(19-10-4-12-22-13-5-11-21-22)20-14-15-6-8-16(23-2)9-7-15/h5-9,11,13H,3-4,10,12,14H2,1-2H3,(H2,18,19,20). The number of hydrogen-bond donors (Lipinski definition) is 2. The number of aliphatic imine (C=N–C) groups is 1. The Kier molecular flexibility index (Phi) is 6.97. The van der Waals surface area contributed by atoms with E-state index in [1.165, 1.54) is 0 Å². The quantitative estimate of drug-likeness (QED) is 0.444. The summed E-state index contributed by atoms with van der Waals surface area (Å²) in [5.74, 6) is 1.70. The number of nitrogens with one attached hydrogen (secondary N) is 2. The van der Waals surface area contributed by atoms with Crippen LogP contribution < -0.4 is 15.4 Å². The smallest absolute Gasteiger partial charge is 0.191 e. The molecule has 0 atom stereocenters. The molecular weight excluding hydrogens is 290 g/mol. The highest BCUT2D eigenvalue weighted by molar-refractivity contribution is 5.79. The van der Waals surface area contributed by atoms with Gasteiger partial charge in [-0.2, -0.15) is 5.10 Å². The van der Waals surface area contributed by atoms with Crippen molar-refractivity contribution in [1.29, 1.82) is 0 Å². The summed E-state index contributed by atoms with van der Waals surface area (Å²) < 4.78 is 7.10. The molecule has 0 aliphatic rings. The molecule has 6 nitrogen and oxygen atoms in total. The van der Waals surface area contributed by atoms with Gasteiger partial charge in [0.1, 0.15) is 5.75 Å². The van der Waals surface area contributed by atoms with E-state index >= 15 is 0 Å². The Morgan fingerprint density at radius 1 is 1.26 bits per heavy atom. The second kappa shape index (κ2) is 9.50. The van der Waals surface area contributed by atoms with Crippen LogP contribution in [0.1, 0.15) is 18.9 Å². The van der Waals surface area contributed by atoms with E-state index in [-0.39, 0.29) is 0 Å². The fourth-order valence-corrected chi connectivity index (χ4v) is 2.12. The molecule has 23 heavy (non-hydrogen) atoms. The summed E-state index contributed by atoms with van der Waals surface area (Å²) in [4.78, 5) is 4.60. The van der Waals surface area contributed by atoms with E-state index in [1.807, 2.05) is 41.2 Å². The maximum absolute atomic E-state index is 5.16. The van der Waals surface area contributed by atoms with Gasteiger partial charge in [0.25, 0.3) is 0 Å². The van der Waals surface area contributed by atoms with Crippen molar-refractivity contribution < 1.29 is 4.74 Å². The van der Waals surface area contributed by atoms with Gasteiger partial charge >= 0.3 is 0 Å². The Bertz CT molecular complexity index is 578. The zero-order valence-corrected chi connectivity index (χ0v) is 13.8. The third-order valence-corrected chi connectivity index (χ3v) is 3.34. The van der Waals surface area contributed by atoms with Gasteiger partial charge < -0.3 is 15.4 Å². The summed E-state index contributed by atoms with van der Waals surface area (Å²) in [6.45, 7) is 5.30. The zero-order chi connectivity index (χ0) is 16.3. The average molecular weight is 315 g/mol. The molecule has 2 aromatic rings. The summed E-state index contributed by atoms with van der Waals surface area (Å²) in [6.07, 6.45) is 4.77. The molecule has 2 N–H and O–H groups in total. The van der Waals surface area contributed by atoms with Crippen LogP contribution in [0.5, 0.6) is 5.75 Å². The highest BCUT2D eigenvalue weighted by atomic mass is 16.5. The maximum Gasteiger partial charge on any atom is 0.191 e. The van der Waals surface area contributed by atoms with E-state index in [4.69, 9.17) is 4.74 Å². The molecule has 0 unspecified atom stereocenters. The second-order valence-electron chi connectivity index (χ2n) is 5.09. The first-order valence-electron chi connectivity index (χ1n) is 7.94. The highest BCUT2D eigenvalue weighted by Crippen LogP contribution is 2.11. The number of guanidine groups is 1. The molecule has 0 amide bonds. The molecule has 0 bridgehead atoms. The van der Waals surface area contributed by atoms with E-state index in [2.05, 4.69) is 27.6 Å². The number of methoxy groups -OCH3 is 1. The number of nitrogens with zero attached hydrogens (tertiary/aromatic N) is 3. The molecule has 0 radical (unpaired) electrons. The first-order valence-corrected chi connectivity index (χ1v) is 7.94. The Labute approximate surface area is 137 Å². The van der Waals surface area contributed by atoms with Gasteiger partial charge in [0.05, 0.1) is 13.7 Å². The van der Waals surface area contributed by atoms with Gasteiger partial charge in [-0.1, -0.05) is 12.1 Å². The van der Waals surface area contributed by atoms with Crippen LogP contribution in [0, 0.1) is 0 Å². The molecule has 0 aliphatic heterocycles. The van der Waals surface area contributed by atoms with Gasteiger partial charge in [-0.05, 0) is 37.1 Å². The lowest BCUT2D eigenvalue weighted by Crippen LogP contribution is -2.38. The normalized spacial score (nSPS) is 11.3. The molecule has 6 heteroatoms. The predicted octanol–water partition coefficient (Wildman–Crippen LogP) is 2.04. The van der Waals surface area contributed by atoms with Crippen LogP contribution in [0.4, 0.5) is 0 Å². The van der Waals surface area contributed by atoms with Gasteiger partial charge in [0, 0.05) is 32.0 Å². The van der Waals surface area contributed by atoms with Gasteiger partial charge in [0.2, 0.25) is 0 Å². The molecule has 0 saturated carbocycles. The Hall–Kier alpha value is -2.50. The third kappa shape index (κ3) is 6.02. The van der Waals surface area contributed by atoms with Gasteiger partial charge in [0.15, 0.2) is 5.96 Å². The van der Waals surface area contributed by atoms with Crippen molar-refractivity contribution in [3.05, 3.63) is 48.3 Å². The number of aromatic nitrogens is 2. The van der Waals surface area contributed by atoms with E-state index in [0.29, 0.717) is 6.54 Å². The minimum absolute atomic E-state index is 0.637. The molecule has 0 fully saturated rings. The van der Waals surface area contributed by atoms with Crippen LogP contribution in [0.2, 0.25) is 0 Å². The van der Waals surface area contributed by atoms with Crippen molar-refractivity contribution >= 4 is 5.96 Å². The lowest BCUT2D eigenvalue weighted by Gasteiger charge is -2.11. The summed E-state index contributed by atoms with van der Waals surface area (Å²) in [6, 6.07) is 9.91. The number of hydrogen-bond acceptors (Lipinski definition) is 3. The Morgan fingerprint density at radius 2 is 2.09 bits per heavy atom. The van der Waals surface area contributed by atoms with E-state index < -0.39 is 0 Å². The summed E-state index contributed by atoms with van der Waals surface area (Å²) in [5, 5.41) is 10.8. The first-order chi connectivity index (χ1) is 11.3. The van der Waals surface area contributed by atoms with E-state index in [9.17, 15) is 0 Å². The summed E-state index contributed by atoms with van der Waals surface area (Å²) in [5.41, 5.74) is 1.15. The molecule has 0 spiro atoms. The minimum Gasteiger partial charge on any atom is -0.497 e.